The Morgan fingerprint density at radius 1 is 1.27 bits per heavy atom. The zero-order valence-corrected chi connectivity index (χ0v) is 9.64. The van der Waals surface area contributed by atoms with E-state index in [2.05, 4.69) is 0 Å². The van der Waals surface area contributed by atoms with E-state index in [9.17, 15) is 13.2 Å². The van der Waals surface area contributed by atoms with E-state index >= 15 is 0 Å². The molecule has 0 aliphatic carbocycles. The van der Waals surface area contributed by atoms with Gasteiger partial charge in [0, 0.05) is 12.1 Å². The van der Waals surface area contributed by atoms with E-state index < -0.39 is 12.7 Å². The fraction of sp³-hybridized carbons (Fsp3) is 1.00. The summed E-state index contributed by atoms with van der Waals surface area (Å²) in [5.74, 6) is 0. The highest BCUT2D eigenvalue weighted by molar-refractivity contribution is 4.73. The van der Waals surface area contributed by atoms with E-state index in [0.29, 0.717) is 13.0 Å². The Labute approximate surface area is 89.6 Å². The van der Waals surface area contributed by atoms with Crippen LogP contribution in [0.1, 0.15) is 33.6 Å². The minimum atomic E-state index is -4.12. The molecule has 92 valence electrons. The first-order chi connectivity index (χ1) is 6.76. The third kappa shape index (κ3) is 7.62. The van der Waals surface area contributed by atoms with E-state index in [0.717, 1.165) is 6.42 Å². The number of alkyl halides is 3. The van der Waals surface area contributed by atoms with Gasteiger partial charge < -0.3 is 5.73 Å². The van der Waals surface area contributed by atoms with Crippen molar-refractivity contribution in [1.82, 2.24) is 4.90 Å². The van der Waals surface area contributed by atoms with Crippen molar-refractivity contribution in [3.63, 3.8) is 0 Å². The molecule has 15 heavy (non-hydrogen) atoms. The molecule has 0 amide bonds. The lowest BCUT2D eigenvalue weighted by Crippen LogP contribution is -2.43. The summed E-state index contributed by atoms with van der Waals surface area (Å²) in [5.41, 5.74) is 5.58. The molecule has 0 radical (unpaired) electrons. The molecule has 0 aromatic carbocycles. The molecule has 0 heterocycles. The van der Waals surface area contributed by atoms with Gasteiger partial charge in [-0.25, -0.2) is 0 Å². The van der Waals surface area contributed by atoms with E-state index in [1.165, 1.54) is 4.90 Å². The zero-order valence-electron chi connectivity index (χ0n) is 9.64. The minimum absolute atomic E-state index is 0.0624. The molecule has 0 bridgehead atoms. The lowest BCUT2D eigenvalue weighted by atomic mass is 10.1. The molecule has 0 fully saturated rings. The average Bonchev–Trinajstić information content (AvgIpc) is 1.99. The molecule has 0 saturated carbocycles. The summed E-state index contributed by atoms with van der Waals surface area (Å²) in [6.45, 7) is 5.11. The molecule has 5 heteroatoms. The number of hydrogen-bond acceptors (Lipinski definition) is 2. The van der Waals surface area contributed by atoms with Gasteiger partial charge in [-0.2, -0.15) is 13.2 Å². The highest BCUT2D eigenvalue weighted by Crippen LogP contribution is 2.19. The van der Waals surface area contributed by atoms with Crippen LogP contribution in [-0.4, -0.2) is 36.2 Å². The summed E-state index contributed by atoms with van der Waals surface area (Å²) in [5, 5.41) is 0. The van der Waals surface area contributed by atoms with E-state index in [1.54, 1.807) is 6.92 Å². The monoisotopic (exact) mass is 226 g/mol. The van der Waals surface area contributed by atoms with Gasteiger partial charge in [-0.1, -0.05) is 6.92 Å². The van der Waals surface area contributed by atoms with Gasteiger partial charge in [0.15, 0.2) is 0 Å². The van der Waals surface area contributed by atoms with Crippen LogP contribution in [0.4, 0.5) is 13.2 Å². The number of nitrogens with zero attached hydrogens (tertiary/aromatic N) is 1. The maximum atomic E-state index is 12.3. The first-order valence-electron chi connectivity index (χ1n) is 5.32. The SMILES string of the molecule is CCCN(CC(F)(F)F)C(C)CC(C)N. The Morgan fingerprint density at radius 3 is 2.13 bits per heavy atom. The van der Waals surface area contributed by atoms with Crippen LogP contribution in [0.2, 0.25) is 0 Å². The number of rotatable bonds is 6. The van der Waals surface area contributed by atoms with Crippen LogP contribution in [0.3, 0.4) is 0 Å². The van der Waals surface area contributed by atoms with Crippen LogP contribution >= 0.6 is 0 Å². The van der Waals surface area contributed by atoms with E-state index in [4.69, 9.17) is 5.73 Å². The van der Waals surface area contributed by atoms with Crippen LogP contribution in [0.15, 0.2) is 0 Å². The van der Waals surface area contributed by atoms with Gasteiger partial charge >= 0.3 is 6.18 Å². The van der Waals surface area contributed by atoms with Crippen molar-refractivity contribution in [3.8, 4) is 0 Å². The molecule has 2 N–H and O–H groups in total. The summed E-state index contributed by atoms with van der Waals surface area (Å²) < 4.78 is 36.8. The second-order valence-corrected chi connectivity index (χ2v) is 4.15. The Kier molecular flexibility index (Phi) is 6.20. The quantitative estimate of drug-likeness (QED) is 0.753. The van der Waals surface area contributed by atoms with Crippen molar-refractivity contribution < 1.29 is 13.2 Å². The highest BCUT2D eigenvalue weighted by Gasteiger charge is 2.32. The fourth-order valence-electron chi connectivity index (χ4n) is 1.66. The summed E-state index contributed by atoms with van der Waals surface area (Å²) >= 11 is 0. The number of halogens is 3. The van der Waals surface area contributed by atoms with Crippen molar-refractivity contribution in [3.05, 3.63) is 0 Å². The van der Waals surface area contributed by atoms with Gasteiger partial charge in [0.1, 0.15) is 0 Å². The van der Waals surface area contributed by atoms with E-state index in [1.807, 2.05) is 13.8 Å². The predicted octanol–water partition coefficient (Wildman–Crippen LogP) is 2.39. The van der Waals surface area contributed by atoms with Crippen LogP contribution in [0.25, 0.3) is 0 Å². The normalized spacial score (nSPS) is 16.8. The summed E-state index contributed by atoms with van der Waals surface area (Å²) in [4.78, 5) is 1.45. The molecule has 2 nitrogen and oxygen atoms in total. The van der Waals surface area contributed by atoms with Crippen molar-refractivity contribution in [2.75, 3.05) is 13.1 Å². The van der Waals surface area contributed by atoms with Crippen LogP contribution in [-0.2, 0) is 0 Å². The zero-order chi connectivity index (χ0) is 12.1. The molecule has 2 unspecified atom stereocenters. The Hall–Kier alpha value is -0.290. The Morgan fingerprint density at radius 2 is 1.80 bits per heavy atom. The van der Waals surface area contributed by atoms with Gasteiger partial charge in [-0.05, 0) is 33.2 Å². The second kappa shape index (κ2) is 6.33. The van der Waals surface area contributed by atoms with E-state index in [-0.39, 0.29) is 12.1 Å². The van der Waals surface area contributed by atoms with Crippen molar-refractivity contribution in [2.45, 2.75) is 51.9 Å². The number of nitrogens with two attached hydrogens (primary N) is 1. The molecule has 0 rings (SSSR count). The molecule has 0 aromatic heterocycles. The minimum Gasteiger partial charge on any atom is -0.328 e. The standard InChI is InChI=1S/C10H21F3N2/c1-4-5-15(7-10(11,12)13)9(3)6-8(2)14/h8-9H,4-7,14H2,1-3H3. The Balaban J connectivity index is 4.24. The maximum absolute atomic E-state index is 12.3. The fourth-order valence-corrected chi connectivity index (χ4v) is 1.66. The molecular weight excluding hydrogens is 205 g/mol. The van der Waals surface area contributed by atoms with Gasteiger partial charge in [0.2, 0.25) is 0 Å². The molecule has 0 aliphatic heterocycles. The molecule has 0 aromatic rings. The number of hydrogen-bond donors (Lipinski definition) is 1. The first-order valence-corrected chi connectivity index (χ1v) is 5.32. The summed E-state index contributed by atoms with van der Waals surface area (Å²) in [7, 11) is 0. The van der Waals surface area contributed by atoms with Gasteiger partial charge in [0.25, 0.3) is 0 Å². The summed E-state index contributed by atoms with van der Waals surface area (Å²) in [6.07, 6.45) is -2.81. The lowest BCUT2D eigenvalue weighted by molar-refractivity contribution is -0.150. The molecule has 0 aliphatic rings. The van der Waals surface area contributed by atoms with Crippen molar-refractivity contribution in [2.24, 2.45) is 5.73 Å². The smallest absolute Gasteiger partial charge is 0.328 e. The largest absolute Gasteiger partial charge is 0.401 e. The van der Waals surface area contributed by atoms with Gasteiger partial charge in [-0.15, -0.1) is 0 Å². The average molecular weight is 226 g/mol. The topological polar surface area (TPSA) is 29.3 Å². The Bertz CT molecular complexity index is 169. The predicted molar refractivity (Wildman–Crippen MR) is 55.6 cm³/mol. The van der Waals surface area contributed by atoms with Crippen LogP contribution < -0.4 is 5.73 Å². The van der Waals surface area contributed by atoms with Gasteiger partial charge in [-0.3, -0.25) is 4.90 Å². The highest BCUT2D eigenvalue weighted by atomic mass is 19.4. The molecule has 0 spiro atoms. The summed E-state index contributed by atoms with van der Waals surface area (Å²) in [6, 6.07) is -0.181. The van der Waals surface area contributed by atoms with Gasteiger partial charge in [0.05, 0.1) is 6.54 Å². The second-order valence-electron chi connectivity index (χ2n) is 4.15. The third-order valence-electron chi connectivity index (χ3n) is 2.23. The van der Waals surface area contributed by atoms with Crippen LogP contribution in [0.5, 0.6) is 0 Å². The molecule has 0 saturated heterocycles. The van der Waals surface area contributed by atoms with Crippen LogP contribution in [0, 0.1) is 0 Å². The maximum Gasteiger partial charge on any atom is 0.401 e. The van der Waals surface area contributed by atoms with Crippen molar-refractivity contribution in [1.29, 1.82) is 0 Å². The molecular formula is C10H21F3N2. The third-order valence-corrected chi connectivity index (χ3v) is 2.23. The first kappa shape index (κ1) is 14.7. The lowest BCUT2D eigenvalue weighted by Gasteiger charge is -2.30. The molecule has 2 atom stereocenters. The van der Waals surface area contributed by atoms with Crippen molar-refractivity contribution >= 4 is 0 Å².